The van der Waals surface area contributed by atoms with Gasteiger partial charge in [-0.25, -0.2) is 4.79 Å². The molecule has 0 radical (unpaired) electrons. The Kier molecular flexibility index (Phi) is 8.86. The summed E-state index contributed by atoms with van der Waals surface area (Å²) in [4.78, 5) is 24.3. The van der Waals surface area contributed by atoms with E-state index < -0.39 is 18.2 Å². The number of carbonyl (C=O) groups is 2. The van der Waals surface area contributed by atoms with Crippen molar-refractivity contribution < 1.29 is 24.2 Å². The molecule has 1 aliphatic rings. The molecule has 176 valence electrons. The Labute approximate surface area is 194 Å². The first-order valence-electron chi connectivity index (χ1n) is 11.0. The second-order valence-corrected chi connectivity index (χ2v) is 8.12. The monoisotopic (exact) mass is 453 g/mol. The number of hydrogen-bond acceptors (Lipinski definition) is 5. The molecule has 2 aromatic rings. The molecule has 8 nitrogen and oxygen atoms in total. The van der Waals surface area contributed by atoms with Gasteiger partial charge in [0, 0.05) is 12.6 Å². The minimum Gasteiger partial charge on any atom is -0.457 e. The fourth-order valence-corrected chi connectivity index (χ4v) is 3.35. The summed E-state index contributed by atoms with van der Waals surface area (Å²) in [6, 6.07) is 16.2. The first kappa shape index (κ1) is 24.3. The van der Waals surface area contributed by atoms with Crippen molar-refractivity contribution in [3.05, 3.63) is 72.3 Å². The Morgan fingerprint density at radius 1 is 1.03 bits per heavy atom. The van der Waals surface area contributed by atoms with Crippen LogP contribution in [0.15, 0.2) is 66.7 Å². The van der Waals surface area contributed by atoms with Gasteiger partial charge in [0.1, 0.15) is 17.6 Å². The SMILES string of the molecule is CC(C)NC(=O)N[C@@H]1C=C[C@H](CC(=O)NCc2ccc(Oc3ccccc3)cc2)O[C@H]1CO. The van der Waals surface area contributed by atoms with Gasteiger partial charge in [-0.05, 0) is 43.7 Å². The van der Waals surface area contributed by atoms with Crippen molar-refractivity contribution in [2.24, 2.45) is 0 Å². The number of hydrogen-bond donors (Lipinski definition) is 4. The highest BCUT2D eigenvalue weighted by atomic mass is 16.5. The lowest BCUT2D eigenvalue weighted by Gasteiger charge is -2.31. The van der Waals surface area contributed by atoms with E-state index in [1.165, 1.54) is 0 Å². The Morgan fingerprint density at radius 2 is 1.73 bits per heavy atom. The molecule has 0 aromatic heterocycles. The number of rotatable bonds is 9. The molecule has 1 aliphatic heterocycles. The molecular formula is C25H31N3O5. The number of benzene rings is 2. The molecule has 0 unspecified atom stereocenters. The highest BCUT2D eigenvalue weighted by molar-refractivity contribution is 5.77. The standard InChI is InChI=1S/C25H31N3O5/c1-17(2)27-25(31)28-22-13-12-21(33-23(22)16-29)14-24(30)26-15-18-8-10-20(11-9-18)32-19-6-4-3-5-7-19/h3-13,17,21-23,29H,14-16H2,1-2H3,(H,26,30)(H2,27,28,31)/t21-,22-,23+/m1/s1. The molecule has 4 N–H and O–H groups in total. The quantitative estimate of drug-likeness (QED) is 0.437. The molecule has 0 aliphatic carbocycles. The van der Waals surface area contributed by atoms with Gasteiger partial charge < -0.3 is 30.5 Å². The zero-order valence-corrected chi connectivity index (χ0v) is 18.9. The predicted molar refractivity (Wildman–Crippen MR) is 125 cm³/mol. The number of amides is 3. The summed E-state index contributed by atoms with van der Waals surface area (Å²) in [6.07, 6.45) is 2.51. The summed E-state index contributed by atoms with van der Waals surface area (Å²) in [5.41, 5.74) is 0.942. The Morgan fingerprint density at radius 3 is 2.39 bits per heavy atom. The van der Waals surface area contributed by atoms with Crippen LogP contribution < -0.4 is 20.7 Å². The Hall–Kier alpha value is -3.36. The van der Waals surface area contributed by atoms with Crippen LogP contribution in [0.25, 0.3) is 0 Å². The molecule has 3 amide bonds. The van der Waals surface area contributed by atoms with Crippen LogP contribution in [0.3, 0.4) is 0 Å². The van der Waals surface area contributed by atoms with Gasteiger partial charge in [0.05, 0.1) is 25.2 Å². The summed E-state index contributed by atoms with van der Waals surface area (Å²) < 4.78 is 11.6. The Balaban J connectivity index is 1.44. The summed E-state index contributed by atoms with van der Waals surface area (Å²) >= 11 is 0. The van der Waals surface area contributed by atoms with E-state index in [2.05, 4.69) is 16.0 Å². The maximum Gasteiger partial charge on any atom is 0.315 e. The minimum atomic E-state index is -0.622. The number of ether oxygens (including phenoxy) is 2. The lowest BCUT2D eigenvalue weighted by molar-refractivity contribution is -0.125. The fourth-order valence-electron chi connectivity index (χ4n) is 3.35. The van der Waals surface area contributed by atoms with E-state index in [1.54, 1.807) is 12.2 Å². The van der Waals surface area contributed by atoms with E-state index in [0.717, 1.165) is 17.1 Å². The molecule has 0 saturated carbocycles. The number of carbonyl (C=O) groups excluding carboxylic acids is 2. The van der Waals surface area contributed by atoms with Crippen LogP contribution in [0.4, 0.5) is 4.79 Å². The van der Waals surface area contributed by atoms with E-state index in [-0.39, 0.29) is 31.0 Å². The predicted octanol–water partition coefficient (Wildman–Crippen LogP) is 2.88. The number of nitrogens with one attached hydrogen (secondary N) is 3. The summed E-state index contributed by atoms with van der Waals surface area (Å²) in [6.45, 7) is 3.83. The van der Waals surface area contributed by atoms with Gasteiger partial charge in [-0.3, -0.25) is 4.79 Å². The van der Waals surface area contributed by atoms with Crippen LogP contribution in [0, 0.1) is 0 Å². The van der Waals surface area contributed by atoms with Gasteiger partial charge in [-0.2, -0.15) is 0 Å². The molecule has 3 atom stereocenters. The van der Waals surface area contributed by atoms with Crippen LogP contribution in [-0.4, -0.2) is 47.9 Å². The highest BCUT2D eigenvalue weighted by Crippen LogP contribution is 2.21. The fraction of sp³-hybridized carbons (Fsp3) is 0.360. The van der Waals surface area contributed by atoms with Gasteiger partial charge in [-0.1, -0.05) is 42.5 Å². The third kappa shape index (κ3) is 7.93. The van der Waals surface area contributed by atoms with Crippen molar-refractivity contribution in [1.82, 2.24) is 16.0 Å². The molecule has 3 rings (SSSR count). The maximum atomic E-state index is 12.4. The van der Waals surface area contributed by atoms with Crippen LogP contribution >= 0.6 is 0 Å². The van der Waals surface area contributed by atoms with Crippen LogP contribution in [0.1, 0.15) is 25.8 Å². The lowest BCUT2D eigenvalue weighted by Crippen LogP contribution is -2.52. The van der Waals surface area contributed by atoms with Crippen LogP contribution in [-0.2, 0) is 16.1 Å². The van der Waals surface area contributed by atoms with Gasteiger partial charge in [0.2, 0.25) is 5.91 Å². The lowest BCUT2D eigenvalue weighted by atomic mass is 10.0. The third-order valence-corrected chi connectivity index (χ3v) is 4.96. The van der Waals surface area contributed by atoms with Gasteiger partial charge in [0.15, 0.2) is 0 Å². The molecule has 8 heteroatoms. The highest BCUT2D eigenvalue weighted by Gasteiger charge is 2.29. The third-order valence-electron chi connectivity index (χ3n) is 4.96. The number of aliphatic hydroxyl groups is 1. The van der Waals surface area contributed by atoms with Crippen LogP contribution in [0.5, 0.6) is 11.5 Å². The van der Waals surface area contributed by atoms with Crippen molar-refractivity contribution in [2.75, 3.05) is 6.61 Å². The van der Waals surface area contributed by atoms with Crippen LogP contribution in [0.2, 0.25) is 0 Å². The summed E-state index contributed by atoms with van der Waals surface area (Å²) in [7, 11) is 0. The number of para-hydroxylation sites is 1. The topological polar surface area (TPSA) is 109 Å². The van der Waals surface area contributed by atoms with E-state index in [4.69, 9.17) is 9.47 Å². The first-order chi connectivity index (χ1) is 15.9. The molecule has 0 spiro atoms. The summed E-state index contributed by atoms with van der Waals surface area (Å²) in [5.74, 6) is 1.31. The van der Waals surface area contributed by atoms with Crippen molar-refractivity contribution >= 4 is 11.9 Å². The van der Waals surface area contributed by atoms with E-state index in [9.17, 15) is 14.7 Å². The number of urea groups is 1. The molecule has 33 heavy (non-hydrogen) atoms. The molecule has 0 bridgehead atoms. The second-order valence-electron chi connectivity index (χ2n) is 8.12. The minimum absolute atomic E-state index is 0.00454. The summed E-state index contributed by atoms with van der Waals surface area (Å²) in [5, 5.41) is 18.0. The van der Waals surface area contributed by atoms with Crippen molar-refractivity contribution in [3.63, 3.8) is 0 Å². The maximum absolute atomic E-state index is 12.4. The van der Waals surface area contributed by atoms with Crippen molar-refractivity contribution in [2.45, 2.75) is 51.1 Å². The Bertz CT molecular complexity index is 931. The van der Waals surface area contributed by atoms with Crippen molar-refractivity contribution in [1.29, 1.82) is 0 Å². The van der Waals surface area contributed by atoms with Gasteiger partial charge >= 0.3 is 6.03 Å². The first-order valence-corrected chi connectivity index (χ1v) is 11.0. The number of aliphatic hydroxyl groups excluding tert-OH is 1. The van der Waals surface area contributed by atoms with E-state index >= 15 is 0 Å². The molecular weight excluding hydrogens is 422 g/mol. The largest absolute Gasteiger partial charge is 0.457 e. The average molecular weight is 454 g/mol. The van der Waals surface area contributed by atoms with E-state index in [0.29, 0.717) is 6.54 Å². The zero-order chi connectivity index (χ0) is 23.6. The normalized spacial score (nSPS) is 19.7. The average Bonchev–Trinajstić information content (AvgIpc) is 2.80. The van der Waals surface area contributed by atoms with Crippen molar-refractivity contribution in [3.8, 4) is 11.5 Å². The zero-order valence-electron chi connectivity index (χ0n) is 18.9. The molecule has 2 aromatic carbocycles. The van der Waals surface area contributed by atoms with Gasteiger partial charge in [0.25, 0.3) is 0 Å². The smallest absolute Gasteiger partial charge is 0.315 e. The van der Waals surface area contributed by atoms with E-state index in [1.807, 2.05) is 68.4 Å². The van der Waals surface area contributed by atoms with Gasteiger partial charge in [-0.15, -0.1) is 0 Å². The molecule has 0 fully saturated rings. The molecule has 1 heterocycles. The second kappa shape index (κ2) is 12.0. The molecule has 0 saturated heterocycles.